The third kappa shape index (κ3) is 3.54. The number of ether oxygens (including phenoxy) is 1. The largest absolute Gasteiger partial charge is 0.497 e. The molecule has 0 saturated carbocycles. The van der Waals surface area contributed by atoms with Gasteiger partial charge in [-0.3, -0.25) is 4.98 Å². The zero-order valence-electron chi connectivity index (χ0n) is 18.2. The molecular weight excluding hydrogens is 384 g/mol. The summed E-state index contributed by atoms with van der Waals surface area (Å²) in [6, 6.07) is 18.8. The number of hydrogen-bond acceptors (Lipinski definition) is 3. The molecule has 3 saturated heterocycles. The van der Waals surface area contributed by atoms with Gasteiger partial charge < -0.3 is 14.3 Å². The Hall–Kier alpha value is -2.69. The van der Waals surface area contributed by atoms with Crippen LogP contribution in [-0.2, 0) is 6.54 Å². The van der Waals surface area contributed by atoms with E-state index in [2.05, 4.69) is 48.0 Å². The molecule has 1 N–H and O–H groups in total. The summed E-state index contributed by atoms with van der Waals surface area (Å²) in [6.07, 6.45) is 5.65. The normalized spacial score (nSPS) is 28.4. The van der Waals surface area contributed by atoms with Crippen LogP contribution in [0.2, 0.25) is 0 Å². The Morgan fingerprint density at radius 3 is 2.84 bits per heavy atom. The summed E-state index contributed by atoms with van der Waals surface area (Å²) in [6.45, 7) is 7.25. The number of aromatic nitrogens is 1. The Bertz CT molecular complexity index is 1080. The quantitative estimate of drug-likeness (QED) is 0.460. The third-order valence-electron chi connectivity index (χ3n) is 7.68. The molecule has 5 atom stereocenters. The summed E-state index contributed by atoms with van der Waals surface area (Å²) >= 11 is 0. The number of methoxy groups -OCH3 is 1. The zero-order chi connectivity index (χ0) is 21.4. The van der Waals surface area contributed by atoms with Crippen LogP contribution in [0.15, 0.2) is 73.4 Å². The molecule has 3 aromatic rings. The number of rotatable bonds is 6. The van der Waals surface area contributed by atoms with Gasteiger partial charge in [0.05, 0.1) is 25.7 Å². The average molecular weight is 416 g/mol. The molecule has 3 aliphatic rings. The molecule has 4 nitrogen and oxygen atoms in total. The summed E-state index contributed by atoms with van der Waals surface area (Å²) in [5.74, 6) is 1.92. The fourth-order valence-electron chi connectivity index (χ4n) is 6.07. The second-order valence-corrected chi connectivity index (χ2v) is 9.25. The highest BCUT2D eigenvalue weighted by atomic mass is 16.5. The molecule has 2 aromatic carbocycles. The maximum Gasteiger partial charge on any atom is 0.131 e. The van der Waals surface area contributed by atoms with Crippen LogP contribution in [0.5, 0.6) is 5.75 Å². The van der Waals surface area contributed by atoms with Crippen LogP contribution in [0, 0.1) is 11.8 Å². The lowest BCUT2D eigenvalue weighted by Gasteiger charge is -2.58. The summed E-state index contributed by atoms with van der Waals surface area (Å²) in [4.78, 5) is 4.52. The molecule has 6 rings (SSSR count). The van der Waals surface area contributed by atoms with E-state index in [9.17, 15) is 5.11 Å². The fourth-order valence-corrected chi connectivity index (χ4v) is 6.07. The number of quaternary nitrogens is 1. The number of nitrogens with zero attached hydrogens (tertiary/aromatic N) is 2. The van der Waals surface area contributed by atoms with Gasteiger partial charge in [0.2, 0.25) is 0 Å². The molecule has 160 valence electrons. The van der Waals surface area contributed by atoms with Crippen LogP contribution in [-0.4, -0.2) is 40.8 Å². The number of aliphatic hydroxyl groups is 1. The van der Waals surface area contributed by atoms with Gasteiger partial charge in [-0.05, 0) is 35.7 Å². The highest BCUT2D eigenvalue weighted by molar-refractivity contribution is 5.83. The van der Waals surface area contributed by atoms with Crippen LogP contribution in [0.25, 0.3) is 10.9 Å². The van der Waals surface area contributed by atoms with E-state index in [0.717, 1.165) is 52.8 Å². The highest BCUT2D eigenvalue weighted by Gasteiger charge is 2.53. The molecule has 0 radical (unpaired) electrons. The fraction of sp³-hybridized carbons (Fsp3) is 0.370. The minimum absolute atomic E-state index is 0.159. The van der Waals surface area contributed by atoms with Gasteiger partial charge in [-0.25, -0.2) is 0 Å². The standard InChI is InChI=1S/C27H31N2O2/c1-3-20-18-29(17-19-7-5-4-6-8-19)14-12-21(20)15-26(29)27(30)23-11-13-28-25-10-9-22(31-2)16-24(23)25/h3-11,13,16,20-21,26-27,30H,1,12,14-15,17-18H2,2H3/q+1/t20-,21+,26-,27+,29-/m1/s1. The van der Waals surface area contributed by atoms with E-state index in [1.165, 1.54) is 12.0 Å². The van der Waals surface area contributed by atoms with E-state index in [0.29, 0.717) is 11.8 Å². The van der Waals surface area contributed by atoms with E-state index in [1.54, 1.807) is 7.11 Å². The van der Waals surface area contributed by atoms with Gasteiger partial charge in [0, 0.05) is 35.9 Å². The second-order valence-electron chi connectivity index (χ2n) is 9.25. The highest BCUT2D eigenvalue weighted by Crippen LogP contribution is 2.48. The molecular formula is C27H31N2O2+. The average Bonchev–Trinajstić information content (AvgIpc) is 2.83. The molecule has 0 amide bonds. The predicted octanol–water partition coefficient (Wildman–Crippen LogP) is 4.89. The molecule has 2 bridgehead atoms. The topological polar surface area (TPSA) is 42.4 Å². The summed E-state index contributed by atoms with van der Waals surface area (Å²) in [5.41, 5.74) is 3.19. The van der Waals surface area contributed by atoms with Crippen molar-refractivity contribution in [1.82, 2.24) is 4.98 Å². The summed E-state index contributed by atoms with van der Waals surface area (Å²) in [7, 11) is 1.68. The van der Waals surface area contributed by atoms with Gasteiger partial charge in [-0.2, -0.15) is 0 Å². The first kappa shape index (κ1) is 20.2. The lowest BCUT2D eigenvalue weighted by Crippen LogP contribution is -2.67. The van der Waals surface area contributed by atoms with Crippen molar-refractivity contribution < 1.29 is 14.3 Å². The molecule has 3 aliphatic heterocycles. The van der Waals surface area contributed by atoms with Crippen molar-refractivity contribution in [2.24, 2.45) is 11.8 Å². The Balaban J connectivity index is 1.56. The summed E-state index contributed by atoms with van der Waals surface area (Å²) in [5, 5.41) is 12.8. The molecule has 1 aromatic heterocycles. The molecule has 0 spiro atoms. The number of pyridine rings is 1. The molecule has 0 unspecified atom stereocenters. The van der Waals surface area contributed by atoms with Crippen LogP contribution in [0.1, 0.15) is 30.1 Å². The SMILES string of the molecule is C=C[C@@H]1C[N@+]2(Cc3ccccc3)CC[C@H]1C[C@@H]2[C@@H](O)c1ccnc2ccc(OC)cc12. The lowest BCUT2D eigenvalue weighted by atomic mass is 9.71. The van der Waals surface area contributed by atoms with Gasteiger partial charge in [-0.1, -0.05) is 36.4 Å². The Labute approximate surface area is 184 Å². The van der Waals surface area contributed by atoms with Crippen molar-refractivity contribution in [3.8, 4) is 5.75 Å². The number of aliphatic hydroxyl groups excluding tert-OH is 1. The van der Waals surface area contributed by atoms with Gasteiger partial charge >= 0.3 is 0 Å². The first-order valence-corrected chi connectivity index (χ1v) is 11.3. The number of hydrogen-bond donors (Lipinski definition) is 1. The Kier molecular flexibility index (Phi) is 5.28. The smallest absolute Gasteiger partial charge is 0.131 e. The first-order chi connectivity index (χ1) is 15.1. The third-order valence-corrected chi connectivity index (χ3v) is 7.68. The van der Waals surface area contributed by atoms with Crippen molar-refractivity contribution in [3.63, 3.8) is 0 Å². The monoisotopic (exact) mass is 415 g/mol. The molecule has 4 heteroatoms. The lowest BCUT2D eigenvalue weighted by molar-refractivity contribution is -0.984. The minimum Gasteiger partial charge on any atom is -0.497 e. The first-order valence-electron chi connectivity index (χ1n) is 11.3. The van der Waals surface area contributed by atoms with Gasteiger partial charge in [0.15, 0.2) is 0 Å². The van der Waals surface area contributed by atoms with Crippen LogP contribution in [0.4, 0.5) is 0 Å². The zero-order valence-corrected chi connectivity index (χ0v) is 18.2. The maximum atomic E-state index is 11.8. The minimum atomic E-state index is -0.546. The van der Waals surface area contributed by atoms with Crippen molar-refractivity contribution in [1.29, 1.82) is 0 Å². The summed E-state index contributed by atoms with van der Waals surface area (Å²) < 4.78 is 6.38. The van der Waals surface area contributed by atoms with Gasteiger partial charge in [-0.15, -0.1) is 6.58 Å². The second kappa shape index (κ2) is 8.10. The van der Waals surface area contributed by atoms with Crippen molar-refractivity contribution >= 4 is 10.9 Å². The number of fused-ring (bicyclic) bond motifs is 4. The van der Waals surface area contributed by atoms with Crippen LogP contribution < -0.4 is 4.74 Å². The van der Waals surface area contributed by atoms with E-state index in [4.69, 9.17) is 4.74 Å². The number of benzene rings is 2. The molecule has 0 aliphatic carbocycles. The van der Waals surface area contributed by atoms with E-state index >= 15 is 0 Å². The Morgan fingerprint density at radius 1 is 1.23 bits per heavy atom. The van der Waals surface area contributed by atoms with E-state index in [-0.39, 0.29) is 6.04 Å². The van der Waals surface area contributed by atoms with E-state index in [1.807, 2.05) is 30.5 Å². The van der Waals surface area contributed by atoms with Gasteiger partial charge in [0.25, 0.3) is 0 Å². The van der Waals surface area contributed by atoms with Crippen molar-refractivity contribution in [2.45, 2.75) is 31.5 Å². The molecule has 4 heterocycles. The molecule has 31 heavy (non-hydrogen) atoms. The van der Waals surface area contributed by atoms with Gasteiger partial charge in [0.1, 0.15) is 24.4 Å². The van der Waals surface area contributed by atoms with Crippen molar-refractivity contribution in [2.75, 3.05) is 20.2 Å². The van der Waals surface area contributed by atoms with Crippen molar-refractivity contribution in [3.05, 3.63) is 84.6 Å². The van der Waals surface area contributed by atoms with E-state index < -0.39 is 6.10 Å². The molecule has 3 fully saturated rings. The Morgan fingerprint density at radius 2 is 2.06 bits per heavy atom. The van der Waals surface area contributed by atoms with Crippen LogP contribution >= 0.6 is 0 Å². The van der Waals surface area contributed by atoms with Crippen LogP contribution in [0.3, 0.4) is 0 Å². The number of piperidine rings is 3. The maximum absolute atomic E-state index is 11.8. The predicted molar refractivity (Wildman–Crippen MR) is 124 cm³/mol.